The van der Waals surface area contributed by atoms with Gasteiger partial charge in [-0.15, -0.1) is 0 Å². The predicted octanol–water partition coefficient (Wildman–Crippen LogP) is 4.29. The third-order valence-electron chi connectivity index (χ3n) is 3.97. The van der Waals surface area contributed by atoms with E-state index in [0.717, 1.165) is 5.56 Å². The van der Waals surface area contributed by atoms with Crippen molar-refractivity contribution in [1.29, 1.82) is 0 Å². The number of anilines is 2. The van der Waals surface area contributed by atoms with E-state index < -0.39 is 0 Å². The number of hydrogen-bond donors (Lipinski definition) is 2. The molecule has 6 nitrogen and oxygen atoms in total. The standard InChI is InChI=1S/C22H21N3O3/c1-3-28-19-9-7-16(8-10-19)21(26)24-18-6-4-5-17(14-18)22(27)25-20-13-15(2)11-12-23-20/h4-14H,3H2,1-2H3,(H,24,26)(H,23,25,27). The maximum absolute atomic E-state index is 12.5. The number of benzene rings is 2. The first-order chi connectivity index (χ1) is 13.5. The van der Waals surface area contributed by atoms with Crippen LogP contribution in [-0.4, -0.2) is 23.4 Å². The van der Waals surface area contributed by atoms with Crippen LogP contribution in [0.1, 0.15) is 33.2 Å². The van der Waals surface area contributed by atoms with E-state index in [9.17, 15) is 9.59 Å². The van der Waals surface area contributed by atoms with Gasteiger partial charge in [-0.1, -0.05) is 6.07 Å². The number of hydrogen-bond acceptors (Lipinski definition) is 4. The summed E-state index contributed by atoms with van der Waals surface area (Å²) >= 11 is 0. The number of rotatable bonds is 6. The number of nitrogens with zero attached hydrogens (tertiary/aromatic N) is 1. The van der Waals surface area contributed by atoms with Crippen LogP contribution in [0.4, 0.5) is 11.5 Å². The van der Waals surface area contributed by atoms with E-state index in [4.69, 9.17) is 4.74 Å². The number of ether oxygens (including phenoxy) is 1. The van der Waals surface area contributed by atoms with E-state index in [2.05, 4.69) is 15.6 Å². The van der Waals surface area contributed by atoms with Crippen LogP contribution < -0.4 is 15.4 Å². The summed E-state index contributed by atoms with van der Waals surface area (Å²) in [6, 6.07) is 17.3. The number of amides is 2. The molecule has 0 saturated heterocycles. The average molecular weight is 375 g/mol. The third kappa shape index (κ3) is 4.94. The molecular formula is C22H21N3O3. The molecule has 2 aromatic carbocycles. The predicted molar refractivity (Wildman–Crippen MR) is 109 cm³/mol. The van der Waals surface area contributed by atoms with Gasteiger partial charge in [0.05, 0.1) is 6.61 Å². The molecule has 0 bridgehead atoms. The largest absolute Gasteiger partial charge is 0.494 e. The van der Waals surface area contributed by atoms with Gasteiger partial charge in [0.1, 0.15) is 11.6 Å². The molecule has 0 aliphatic heterocycles. The lowest BCUT2D eigenvalue weighted by atomic mass is 10.1. The van der Waals surface area contributed by atoms with Gasteiger partial charge < -0.3 is 15.4 Å². The quantitative estimate of drug-likeness (QED) is 0.673. The van der Waals surface area contributed by atoms with Gasteiger partial charge in [0.25, 0.3) is 11.8 Å². The molecule has 0 spiro atoms. The van der Waals surface area contributed by atoms with Crippen molar-refractivity contribution in [3.8, 4) is 5.75 Å². The van der Waals surface area contributed by atoms with Crippen molar-refractivity contribution in [2.45, 2.75) is 13.8 Å². The maximum atomic E-state index is 12.5. The smallest absolute Gasteiger partial charge is 0.256 e. The highest BCUT2D eigenvalue weighted by Gasteiger charge is 2.10. The van der Waals surface area contributed by atoms with Crippen LogP contribution in [0.5, 0.6) is 5.75 Å². The van der Waals surface area contributed by atoms with Crippen LogP contribution in [0.2, 0.25) is 0 Å². The van der Waals surface area contributed by atoms with Crippen molar-refractivity contribution in [3.05, 3.63) is 83.6 Å². The van der Waals surface area contributed by atoms with E-state index in [-0.39, 0.29) is 11.8 Å². The van der Waals surface area contributed by atoms with Crippen molar-refractivity contribution >= 4 is 23.3 Å². The average Bonchev–Trinajstić information content (AvgIpc) is 2.69. The molecule has 28 heavy (non-hydrogen) atoms. The van der Waals surface area contributed by atoms with Gasteiger partial charge in [-0.05, 0) is 74.0 Å². The zero-order valence-corrected chi connectivity index (χ0v) is 15.7. The van der Waals surface area contributed by atoms with Crippen LogP contribution in [0.25, 0.3) is 0 Å². The molecule has 0 fully saturated rings. The van der Waals surface area contributed by atoms with Gasteiger partial charge in [0, 0.05) is 23.0 Å². The Hall–Kier alpha value is -3.67. The van der Waals surface area contributed by atoms with Crippen LogP contribution in [0, 0.1) is 6.92 Å². The summed E-state index contributed by atoms with van der Waals surface area (Å²) in [5.41, 5.74) is 2.46. The van der Waals surface area contributed by atoms with Gasteiger partial charge in [-0.2, -0.15) is 0 Å². The second-order valence-electron chi connectivity index (χ2n) is 6.16. The number of aryl methyl sites for hydroxylation is 1. The normalized spacial score (nSPS) is 10.2. The number of aromatic nitrogens is 1. The van der Waals surface area contributed by atoms with Crippen molar-refractivity contribution in [1.82, 2.24) is 4.98 Å². The molecule has 2 N–H and O–H groups in total. The summed E-state index contributed by atoms with van der Waals surface area (Å²) in [6.45, 7) is 4.39. The van der Waals surface area contributed by atoms with E-state index >= 15 is 0 Å². The van der Waals surface area contributed by atoms with Gasteiger partial charge in [-0.3, -0.25) is 9.59 Å². The van der Waals surface area contributed by atoms with Gasteiger partial charge in [0.15, 0.2) is 0 Å². The van der Waals surface area contributed by atoms with E-state index in [0.29, 0.717) is 35.0 Å². The summed E-state index contributed by atoms with van der Waals surface area (Å²) in [5, 5.41) is 5.56. The minimum Gasteiger partial charge on any atom is -0.494 e. The Morgan fingerprint density at radius 1 is 0.929 bits per heavy atom. The van der Waals surface area contributed by atoms with Crippen molar-refractivity contribution < 1.29 is 14.3 Å². The molecule has 1 aromatic heterocycles. The van der Waals surface area contributed by atoms with Crippen molar-refractivity contribution in [3.63, 3.8) is 0 Å². The first kappa shape index (κ1) is 19.1. The molecule has 1 heterocycles. The fraction of sp³-hybridized carbons (Fsp3) is 0.136. The number of nitrogens with one attached hydrogen (secondary N) is 2. The molecule has 3 rings (SSSR count). The zero-order valence-electron chi connectivity index (χ0n) is 15.7. The first-order valence-electron chi connectivity index (χ1n) is 8.93. The summed E-state index contributed by atoms with van der Waals surface area (Å²) in [5.74, 6) is 0.632. The van der Waals surface area contributed by atoms with Crippen molar-refractivity contribution in [2.24, 2.45) is 0 Å². The van der Waals surface area contributed by atoms with E-state index in [1.54, 1.807) is 60.8 Å². The fourth-order valence-electron chi connectivity index (χ4n) is 2.60. The van der Waals surface area contributed by atoms with Crippen molar-refractivity contribution in [2.75, 3.05) is 17.2 Å². The summed E-state index contributed by atoms with van der Waals surface area (Å²) in [4.78, 5) is 29.0. The summed E-state index contributed by atoms with van der Waals surface area (Å²) < 4.78 is 5.38. The molecule has 3 aromatic rings. The summed E-state index contributed by atoms with van der Waals surface area (Å²) in [7, 11) is 0. The molecule has 6 heteroatoms. The Morgan fingerprint density at radius 2 is 1.68 bits per heavy atom. The number of pyridine rings is 1. The number of carbonyl (C=O) groups is 2. The van der Waals surface area contributed by atoms with Gasteiger partial charge >= 0.3 is 0 Å². The van der Waals surface area contributed by atoms with Crippen LogP contribution in [0.3, 0.4) is 0 Å². The Kier molecular flexibility index (Phi) is 6.01. The molecule has 0 saturated carbocycles. The lowest BCUT2D eigenvalue weighted by molar-refractivity contribution is 0.101. The Balaban J connectivity index is 1.68. The van der Waals surface area contributed by atoms with Crippen LogP contribution in [0.15, 0.2) is 66.9 Å². The monoisotopic (exact) mass is 375 g/mol. The zero-order chi connectivity index (χ0) is 19.9. The highest BCUT2D eigenvalue weighted by atomic mass is 16.5. The second kappa shape index (κ2) is 8.81. The molecule has 2 amide bonds. The minimum absolute atomic E-state index is 0.263. The molecule has 142 valence electrons. The first-order valence-corrected chi connectivity index (χ1v) is 8.93. The highest BCUT2D eigenvalue weighted by molar-refractivity contribution is 6.07. The Labute approximate surface area is 163 Å². The maximum Gasteiger partial charge on any atom is 0.256 e. The van der Waals surface area contributed by atoms with Gasteiger partial charge in [0.2, 0.25) is 0 Å². The summed E-state index contributed by atoms with van der Waals surface area (Å²) in [6.07, 6.45) is 1.64. The third-order valence-corrected chi connectivity index (χ3v) is 3.97. The Morgan fingerprint density at radius 3 is 2.39 bits per heavy atom. The lowest BCUT2D eigenvalue weighted by Gasteiger charge is -2.09. The van der Waals surface area contributed by atoms with Crippen LogP contribution in [-0.2, 0) is 0 Å². The Bertz CT molecular complexity index is 984. The minimum atomic E-state index is -0.296. The fourth-order valence-corrected chi connectivity index (χ4v) is 2.60. The number of carbonyl (C=O) groups excluding carboxylic acids is 2. The van der Waals surface area contributed by atoms with E-state index in [1.165, 1.54) is 0 Å². The van der Waals surface area contributed by atoms with Crippen LogP contribution >= 0.6 is 0 Å². The molecule has 0 aliphatic rings. The second-order valence-corrected chi connectivity index (χ2v) is 6.16. The molecule has 0 radical (unpaired) electrons. The molecular weight excluding hydrogens is 354 g/mol. The van der Waals surface area contributed by atoms with E-state index in [1.807, 2.05) is 19.9 Å². The lowest BCUT2D eigenvalue weighted by Crippen LogP contribution is -2.15. The van der Waals surface area contributed by atoms with Gasteiger partial charge in [-0.25, -0.2) is 4.98 Å². The highest BCUT2D eigenvalue weighted by Crippen LogP contribution is 2.16. The molecule has 0 aliphatic carbocycles. The SMILES string of the molecule is CCOc1ccc(C(=O)Nc2cccc(C(=O)Nc3cc(C)ccn3)c2)cc1. The topological polar surface area (TPSA) is 80.3 Å². The molecule has 0 unspecified atom stereocenters. The molecule has 0 atom stereocenters.